The maximum Gasteiger partial charge on any atom is 0.233 e. The van der Waals surface area contributed by atoms with Crippen molar-refractivity contribution in [2.75, 3.05) is 0 Å². The molecule has 1 heterocycles. The van der Waals surface area contributed by atoms with E-state index in [1.165, 1.54) is 0 Å². The Morgan fingerprint density at radius 1 is 1.47 bits per heavy atom. The lowest BCUT2D eigenvalue weighted by molar-refractivity contribution is 0.164. The first-order chi connectivity index (χ1) is 8.05. The minimum absolute atomic E-state index is 0.358. The smallest absolute Gasteiger partial charge is 0.233 e. The monoisotopic (exact) mass is 226 g/mol. The Morgan fingerprint density at radius 3 is 2.88 bits per heavy atom. The van der Waals surface area contributed by atoms with Crippen molar-refractivity contribution in [3.8, 4) is 24.3 Å². The molecule has 1 aromatic rings. The van der Waals surface area contributed by atoms with Crippen LogP contribution in [0.4, 0.5) is 0 Å². The van der Waals surface area contributed by atoms with Crippen LogP contribution in [0.5, 0.6) is 5.88 Å². The van der Waals surface area contributed by atoms with Crippen LogP contribution in [0.3, 0.4) is 0 Å². The molecule has 0 spiro atoms. The Balaban J connectivity index is 2.41. The van der Waals surface area contributed by atoms with E-state index < -0.39 is 5.60 Å². The van der Waals surface area contributed by atoms with E-state index in [1.807, 2.05) is 6.07 Å². The summed E-state index contributed by atoms with van der Waals surface area (Å²) in [5.74, 6) is 2.89. The number of aryl methyl sites for hydroxylation is 2. The summed E-state index contributed by atoms with van der Waals surface area (Å²) in [6.45, 7) is 3.56. The normalized spacial score (nSPS) is 13.6. The molecule has 0 saturated heterocycles. The van der Waals surface area contributed by atoms with Crippen LogP contribution in [0.1, 0.15) is 37.1 Å². The quantitative estimate of drug-likeness (QED) is 0.726. The maximum absolute atomic E-state index is 9.10. The van der Waals surface area contributed by atoms with E-state index in [4.69, 9.17) is 16.4 Å². The van der Waals surface area contributed by atoms with Crippen molar-refractivity contribution in [3.05, 3.63) is 22.9 Å². The van der Waals surface area contributed by atoms with Gasteiger partial charge in [-0.25, -0.2) is 4.98 Å². The molecule has 0 radical (unpaired) electrons. The van der Waals surface area contributed by atoms with Crippen LogP contribution in [0.2, 0.25) is 0 Å². The molecule has 17 heavy (non-hydrogen) atoms. The van der Waals surface area contributed by atoms with E-state index >= 15 is 0 Å². The number of rotatable bonds is 2. The highest BCUT2D eigenvalue weighted by atomic mass is 16.5. The van der Waals surface area contributed by atoms with Crippen molar-refractivity contribution in [1.29, 1.82) is 5.26 Å². The maximum atomic E-state index is 9.10. The van der Waals surface area contributed by atoms with E-state index in [9.17, 15) is 0 Å². The van der Waals surface area contributed by atoms with Gasteiger partial charge in [-0.2, -0.15) is 5.26 Å². The van der Waals surface area contributed by atoms with Gasteiger partial charge in [0.25, 0.3) is 0 Å². The number of fused-ring (bicyclic) bond motifs is 1. The molecule has 0 N–H and O–H groups in total. The van der Waals surface area contributed by atoms with Gasteiger partial charge in [-0.3, -0.25) is 0 Å². The molecule has 1 aliphatic rings. The molecule has 1 aromatic heterocycles. The summed E-state index contributed by atoms with van der Waals surface area (Å²) in [5.41, 5.74) is 1.92. The fraction of sp³-hybridized carbons (Fsp3) is 0.429. The molecule has 1 aliphatic carbocycles. The molecule has 0 amide bonds. The molecule has 3 nitrogen and oxygen atoms in total. The third-order valence-corrected chi connectivity index (χ3v) is 2.84. The first-order valence-corrected chi connectivity index (χ1v) is 5.65. The third-order valence-electron chi connectivity index (χ3n) is 2.84. The van der Waals surface area contributed by atoms with Gasteiger partial charge in [-0.15, -0.1) is 6.42 Å². The number of terminal acetylenes is 1. The molecule has 0 unspecified atom stereocenters. The molecule has 3 heteroatoms. The van der Waals surface area contributed by atoms with Crippen LogP contribution in [0, 0.1) is 23.7 Å². The zero-order chi connectivity index (χ0) is 12.5. The highest BCUT2D eigenvalue weighted by molar-refractivity contribution is 5.44. The molecular formula is C14H14N2O. The topological polar surface area (TPSA) is 45.9 Å². The number of hydrogen-bond donors (Lipinski definition) is 0. The lowest BCUT2D eigenvalue weighted by atomic mass is 10.1. The van der Waals surface area contributed by atoms with Crippen molar-refractivity contribution in [3.63, 3.8) is 0 Å². The van der Waals surface area contributed by atoms with Crippen LogP contribution in [-0.2, 0) is 12.8 Å². The van der Waals surface area contributed by atoms with Gasteiger partial charge in [0.1, 0.15) is 11.6 Å². The summed E-state index contributed by atoms with van der Waals surface area (Å²) in [4.78, 5) is 4.42. The Morgan fingerprint density at radius 2 is 2.24 bits per heavy atom. The number of ether oxygens (including phenoxy) is 1. The fourth-order valence-corrected chi connectivity index (χ4v) is 1.88. The lowest BCUT2D eigenvalue weighted by Gasteiger charge is -2.20. The summed E-state index contributed by atoms with van der Waals surface area (Å²) in [6.07, 6.45) is 8.41. The molecule has 86 valence electrons. The van der Waals surface area contributed by atoms with E-state index in [2.05, 4.69) is 17.0 Å². The first kappa shape index (κ1) is 11.5. The first-order valence-electron chi connectivity index (χ1n) is 5.65. The predicted octanol–water partition coefficient (Wildman–Crippen LogP) is 2.23. The highest BCUT2D eigenvalue weighted by Gasteiger charge is 2.22. The van der Waals surface area contributed by atoms with Gasteiger partial charge in [-0.05, 0) is 44.7 Å². The van der Waals surface area contributed by atoms with Crippen molar-refractivity contribution < 1.29 is 4.74 Å². The van der Waals surface area contributed by atoms with Gasteiger partial charge >= 0.3 is 0 Å². The zero-order valence-corrected chi connectivity index (χ0v) is 10.1. The van der Waals surface area contributed by atoms with Gasteiger partial charge in [0, 0.05) is 5.69 Å². The lowest BCUT2D eigenvalue weighted by Crippen LogP contribution is -2.26. The second kappa shape index (κ2) is 4.11. The number of hydrogen-bond acceptors (Lipinski definition) is 3. The number of pyridine rings is 1. The minimum Gasteiger partial charge on any atom is -0.457 e. The SMILES string of the molecule is C#CC(C)(C)Oc1nc2c(cc1C#N)CCC2. The van der Waals surface area contributed by atoms with Gasteiger partial charge < -0.3 is 4.74 Å². The second-order valence-corrected chi connectivity index (χ2v) is 4.67. The average Bonchev–Trinajstić information content (AvgIpc) is 2.74. The van der Waals surface area contributed by atoms with Crippen molar-refractivity contribution in [2.24, 2.45) is 0 Å². The van der Waals surface area contributed by atoms with E-state index in [0.29, 0.717) is 11.4 Å². The van der Waals surface area contributed by atoms with Gasteiger partial charge in [0.15, 0.2) is 5.60 Å². The molecule has 0 bridgehead atoms. The predicted molar refractivity (Wildman–Crippen MR) is 64.5 cm³/mol. The molecule has 0 aliphatic heterocycles. The van der Waals surface area contributed by atoms with Crippen molar-refractivity contribution in [1.82, 2.24) is 4.98 Å². The van der Waals surface area contributed by atoms with Crippen molar-refractivity contribution >= 4 is 0 Å². The number of nitrogens with zero attached hydrogens (tertiary/aromatic N) is 2. The Labute approximate surface area is 101 Å². The van der Waals surface area contributed by atoms with Crippen molar-refractivity contribution in [2.45, 2.75) is 38.7 Å². The number of aromatic nitrogens is 1. The summed E-state index contributed by atoms with van der Waals surface area (Å²) in [5, 5.41) is 9.10. The van der Waals surface area contributed by atoms with Gasteiger partial charge in [0.05, 0.1) is 0 Å². The standard InChI is InChI=1S/C14H14N2O/c1-4-14(2,3)17-13-11(9-15)8-10-6-5-7-12(10)16-13/h1,8H,5-7H2,2-3H3. The Hall–Kier alpha value is -2.00. The van der Waals surface area contributed by atoms with Crippen LogP contribution < -0.4 is 4.74 Å². The minimum atomic E-state index is -0.745. The Kier molecular flexibility index (Phi) is 2.77. The molecule has 0 atom stereocenters. The highest BCUT2D eigenvalue weighted by Crippen LogP contribution is 2.28. The van der Waals surface area contributed by atoms with E-state index in [-0.39, 0.29) is 0 Å². The van der Waals surface area contributed by atoms with E-state index in [1.54, 1.807) is 13.8 Å². The third kappa shape index (κ3) is 2.24. The summed E-state index contributed by atoms with van der Waals surface area (Å²) in [7, 11) is 0. The second-order valence-electron chi connectivity index (χ2n) is 4.67. The van der Waals surface area contributed by atoms with E-state index in [0.717, 1.165) is 30.5 Å². The molecular weight excluding hydrogens is 212 g/mol. The summed E-state index contributed by atoms with van der Waals surface area (Å²) < 4.78 is 5.63. The molecule has 2 rings (SSSR count). The molecule has 0 fully saturated rings. The summed E-state index contributed by atoms with van der Waals surface area (Å²) >= 11 is 0. The van der Waals surface area contributed by atoms with Crippen LogP contribution in [0.25, 0.3) is 0 Å². The average molecular weight is 226 g/mol. The fourth-order valence-electron chi connectivity index (χ4n) is 1.88. The van der Waals surface area contributed by atoms with Crippen LogP contribution in [-0.4, -0.2) is 10.6 Å². The Bertz CT molecular complexity index is 532. The van der Waals surface area contributed by atoms with Crippen LogP contribution >= 0.6 is 0 Å². The van der Waals surface area contributed by atoms with Crippen LogP contribution in [0.15, 0.2) is 6.07 Å². The molecule has 0 aromatic carbocycles. The summed E-state index contributed by atoms with van der Waals surface area (Å²) in [6, 6.07) is 3.99. The van der Waals surface area contributed by atoms with Gasteiger partial charge in [0.2, 0.25) is 5.88 Å². The van der Waals surface area contributed by atoms with Gasteiger partial charge in [-0.1, -0.05) is 5.92 Å². The molecule has 0 saturated carbocycles. The largest absolute Gasteiger partial charge is 0.457 e. The zero-order valence-electron chi connectivity index (χ0n) is 10.1. The number of nitriles is 1.